The predicted molar refractivity (Wildman–Crippen MR) is 118 cm³/mol. The van der Waals surface area contributed by atoms with Crippen molar-refractivity contribution in [2.24, 2.45) is 5.73 Å². The highest BCUT2D eigenvalue weighted by Gasteiger charge is 2.38. The van der Waals surface area contributed by atoms with Crippen LogP contribution in [0, 0.1) is 0 Å². The van der Waals surface area contributed by atoms with Crippen molar-refractivity contribution in [2.75, 3.05) is 13.1 Å². The molecular formula is C24H33N3O3. The van der Waals surface area contributed by atoms with Gasteiger partial charge in [0.15, 0.2) is 5.78 Å². The number of rotatable bonds is 10. The van der Waals surface area contributed by atoms with Crippen LogP contribution in [-0.4, -0.2) is 46.8 Å². The number of carbonyl (C=O) groups is 2. The van der Waals surface area contributed by atoms with Gasteiger partial charge in [-0.25, -0.2) is 4.98 Å². The molecule has 6 nitrogen and oxygen atoms in total. The highest BCUT2D eigenvalue weighted by atomic mass is 16.5. The van der Waals surface area contributed by atoms with Gasteiger partial charge in [-0.3, -0.25) is 9.59 Å². The quantitative estimate of drug-likeness (QED) is 0.603. The minimum absolute atomic E-state index is 0.00377. The minimum Gasteiger partial charge on any atom is -0.472 e. The van der Waals surface area contributed by atoms with E-state index in [1.54, 1.807) is 11.1 Å². The van der Waals surface area contributed by atoms with E-state index in [-0.39, 0.29) is 17.8 Å². The molecule has 1 aromatic heterocycles. The minimum atomic E-state index is -0.405. The average molecular weight is 412 g/mol. The number of carbonyl (C=O) groups excluding carboxylic acids is 2. The molecular weight excluding hydrogens is 378 g/mol. The molecule has 162 valence electrons. The summed E-state index contributed by atoms with van der Waals surface area (Å²) in [4.78, 5) is 29.9. The number of aryl methyl sites for hydroxylation is 1. The number of fused-ring (bicyclic) bond motifs is 1. The molecule has 0 radical (unpaired) electrons. The molecule has 1 fully saturated rings. The third-order valence-corrected chi connectivity index (χ3v) is 5.88. The summed E-state index contributed by atoms with van der Waals surface area (Å²) in [6.07, 6.45) is 8.96. The van der Waals surface area contributed by atoms with E-state index in [2.05, 4.69) is 23.2 Å². The second-order valence-corrected chi connectivity index (χ2v) is 8.25. The molecule has 1 aromatic carbocycles. The summed E-state index contributed by atoms with van der Waals surface area (Å²) >= 11 is 0. The van der Waals surface area contributed by atoms with Gasteiger partial charge >= 0.3 is 0 Å². The topological polar surface area (TPSA) is 85.5 Å². The zero-order chi connectivity index (χ0) is 21.5. The summed E-state index contributed by atoms with van der Waals surface area (Å²) in [7, 11) is 0. The van der Waals surface area contributed by atoms with Crippen molar-refractivity contribution in [2.45, 2.75) is 70.9 Å². The highest BCUT2D eigenvalue weighted by molar-refractivity contribution is 5.88. The summed E-state index contributed by atoms with van der Waals surface area (Å²) in [5.41, 5.74) is 6.83. The summed E-state index contributed by atoms with van der Waals surface area (Å²) in [5.74, 6) is 0.479. The summed E-state index contributed by atoms with van der Waals surface area (Å²) in [6, 6.07) is 8.02. The number of hydrogen-bond donors (Lipinski definition) is 1. The summed E-state index contributed by atoms with van der Waals surface area (Å²) in [5, 5.41) is 2.06. The van der Waals surface area contributed by atoms with Gasteiger partial charge in [-0.1, -0.05) is 31.4 Å². The molecule has 3 rings (SSSR count). The van der Waals surface area contributed by atoms with Crippen LogP contribution < -0.4 is 10.5 Å². The maximum atomic E-state index is 11.9. The van der Waals surface area contributed by atoms with Gasteiger partial charge in [0.05, 0.1) is 12.6 Å². The van der Waals surface area contributed by atoms with Crippen molar-refractivity contribution >= 4 is 22.5 Å². The Morgan fingerprint density at radius 3 is 2.60 bits per heavy atom. The van der Waals surface area contributed by atoms with Crippen LogP contribution in [0.25, 0.3) is 10.8 Å². The molecule has 0 saturated carbocycles. The number of ether oxygens (including phenoxy) is 1. The van der Waals surface area contributed by atoms with Crippen LogP contribution in [-0.2, 0) is 16.0 Å². The zero-order valence-corrected chi connectivity index (χ0v) is 18.1. The number of aromatic nitrogens is 1. The number of ketones is 1. The van der Waals surface area contributed by atoms with E-state index in [0.717, 1.165) is 36.6 Å². The van der Waals surface area contributed by atoms with Gasteiger partial charge in [0.1, 0.15) is 6.10 Å². The molecule has 2 heterocycles. The fourth-order valence-corrected chi connectivity index (χ4v) is 4.22. The first-order valence-electron chi connectivity index (χ1n) is 11.0. The number of likely N-dealkylation sites (tertiary alicyclic amines) is 1. The molecule has 0 bridgehead atoms. The maximum Gasteiger partial charge on any atom is 0.221 e. The monoisotopic (exact) mass is 411 g/mol. The van der Waals surface area contributed by atoms with Gasteiger partial charge in [-0.05, 0) is 55.8 Å². The van der Waals surface area contributed by atoms with E-state index >= 15 is 0 Å². The predicted octanol–water partition coefficient (Wildman–Crippen LogP) is 3.64. The second kappa shape index (κ2) is 10.5. The lowest BCUT2D eigenvalue weighted by Crippen LogP contribution is -2.38. The van der Waals surface area contributed by atoms with Crippen LogP contribution in [0.3, 0.4) is 0 Å². The van der Waals surface area contributed by atoms with Gasteiger partial charge in [0, 0.05) is 24.9 Å². The molecule has 30 heavy (non-hydrogen) atoms. The molecule has 1 aliphatic rings. The van der Waals surface area contributed by atoms with Gasteiger partial charge < -0.3 is 15.4 Å². The lowest BCUT2D eigenvalue weighted by molar-refractivity contribution is -0.135. The van der Waals surface area contributed by atoms with Crippen molar-refractivity contribution in [3.8, 4) is 5.88 Å². The Balaban J connectivity index is 1.68. The molecule has 1 saturated heterocycles. The lowest BCUT2D eigenvalue weighted by Gasteiger charge is -2.20. The van der Waals surface area contributed by atoms with E-state index in [0.29, 0.717) is 18.8 Å². The first-order valence-corrected chi connectivity index (χ1v) is 11.0. The molecule has 2 aromatic rings. The fraction of sp³-hybridized carbons (Fsp3) is 0.542. The lowest BCUT2D eigenvalue weighted by atomic mass is 10.0. The van der Waals surface area contributed by atoms with E-state index in [9.17, 15) is 9.59 Å². The van der Waals surface area contributed by atoms with E-state index in [1.807, 2.05) is 6.07 Å². The van der Waals surface area contributed by atoms with E-state index in [1.165, 1.54) is 38.7 Å². The fourth-order valence-electron chi connectivity index (χ4n) is 4.22. The molecule has 2 atom stereocenters. The number of unbranched alkanes of at least 4 members (excludes halogenated alkanes) is 4. The standard InChI is InChI=1S/C24H33N3O3/c1-17(28)23-15-21(16-27(23)18(2)29)30-24-22-14-19(8-6-4-3-5-7-12-25)9-10-20(22)11-13-26-24/h9-11,13-14,21,23H,3-8,12,15-16,25H2,1-2H3/t21-,23+/m1/s1. The Morgan fingerprint density at radius 2 is 1.90 bits per heavy atom. The Labute approximate surface area is 178 Å². The van der Waals surface area contributed by atoms with Crippen LogP contribution >= 0.6 is 0 Å². The van der Waals surface area contributed by atoms with Crippen molar-refractivity contribution in [3.63, 3.8) is 0 Å². The molecule has 0 aliphatic carbocycles. The van der Waals surface area contributed by atoms with Gasteiger partial charge in [-0.15, -0.1) is 0 Å². The normalized spacial score (nSPS) is 18.7. The summed E-state index contributed by atoms with van der Waals surface area (Å²) in [6.45, 7) is 4.22. The Bertz CT molecular complexity index is 861. The Kier molecular flexibility index (Phi) is 7.80. The van der Waals surface area contributed by atoms with Crippen molar-refractivity contribution < 1.29 is 14.3 Å². The first-order chi connectivity index (χ1) is 14.5. The third-order valence-electron chi connectivity index (χ3n) is 5.88. The van der Waals surface area contributed by atoms with Gasteiger partial charge in [-0.2, -0.15) is 0 Å². The molecule has 2 N–H and O–H groups in total. The van der Waals surface area contributed by atoms with Crippen LogP contribution in [0.2, 0.25) is 0 Å². The van der Waals surface area contributed by atoms with Crippen LogP contribution in [0.1, 0.15) is 57.9 Å². The first kappa shape index (κ1) is 22.2. The van der Waals surface area contributed by atoms with Crippen LogP contribution in [0.15, 0.2) is 30.5 Å². The van der Waals surface area contributed by atoms with Crippen molar-refractivity contribution in [1.82, 2.24) is 9.88 Å². The van der Waals surface area contributed by atoms with E-state index < -0.39 is 6.04 Å². The molecule has 6 heteroatoms. The Morgan fingerprint density at radius 1 is 1.13 bits per heavy atom. The van der Waals surface area contributed by atoms with Crippen LogP contribution in [0.4, 0.5) is 0 Å². The van der Waals surface area contributed by atoms with Gasteiger partial charge in [0.2, 0.25) is 11.8 Å². The number of nitrogens with two attached hydrogens (primary N) is 1. The van der Waals surface area contributed by atoms with E-state index in [4.69, 9.17) is 10.5 Å². The molecule has 0 spiro atoms. The number of hydrogen-bond acceptors (Lipinski definition) is 5. The third kappa shape index (κ3) is 5.57. The largest absolute Gasteiger partial charge is 0.472 e. The number of Topliss-reactive ketones (excluding diaryl/α,β-unsaturated/α-hetero) is 1. The second-order valence-electron chi connectivity index (χ2n) is 8.25. The van der Waals surface area contributed by atoms with Crippen molar-refractivity contribution in [3.05, 3.63) is 36.0 Å². The van der Waals surface area contributed by atoms with Crippen molar-refractivity contribution in [1.29, 1.82) is 0 Å². The average Bonchev–Trinajstić information content (AvgIpc) is 3.15. The Hall–Kier alpha value is -2.47. The van der Waals surface area contributed by atoms with Crippen LogP contribution in [0.5, 0.6) is 5.88 Å². The number of amides is 1. The highest BCUT2D eigenvalue weighted by Crippen LogP contribution is 2.29. The SMILES string of the molecule is CC(=O)[C@@H]1C[C@@H](Oc2nccc3ccc(CCCCCCCN)cc23)CN1C(C)=O. The smallest absolute Gasteiger partial charge is 0.221 e. The molecule has 1 aliphatic heterocycles. The summed E-state index contributed by atoms with van der Waals surface area (Å²) < 4.78 is 6.21. The van der Waals surface area contributed by atoms with Gasteiger partial charge in [0.25, 0.3) is 0 Å². The number of pyridine rings is 1. The number of nitrogens with zero attached hydrogens (tertiary/aromatic N) is 2. The molecule has 1 amide bonds. The number of benzene rings is 1. The zero-order valence-electron chi connectivity index (χ0n) is 18.1. The maximum absolute atomic E-state index is 11.9. The molecule has 0 unspecified atom stereocenters.